The first-order valence-electron chi connectivity index (χ1n) is 6.78. The van der Waals surface area contributed by atoms with E-state index in [1.54, 1.807) is 0 Å². The van der Waals surface area contributed by atoms with E-state index in [0.29, 0.717) is 17.4 Å². The van der Waals surface area contributed by atoms with E-state index in [2.05, 4.69) is 32.2 Å². The molecule has 1 fully saturated rings. The van der Waals surface area contributed by atoms with Crippen LogP contribution >= 0.6 is 0 Å². The molecule has 1 aliphatic rings. The summed E-state index contributed by atoms with van der Waals surface area (Å²) < 4.78 is 0. The van der Waals surface area contributed by atoms with Crippen LogP contribution in [-0.4, -0.2) is 18.9 Å². The molecule has 1 N–H and O–H groups in total. The molecule has 0 bridgehead atoms. The number of nitrogens with one attached hydrogen (secondary N) is 1. The topological polar surface area (TPSA) is 29.1 Å². The van der Waals surface area contributed by atoms with Gasteiger partial charge in [0.25, 0.3) is 0 Å². The highest BCUT2D eigenvalue weighted by atomic mass is 16.1. The van der Waals surface area contributed by atoms with Gasteiger partial charge in [-0.05, 0) is 35.8 Å². The molecule has 2 unspecified atom stereocenters. The Hall–Kier alpha value is -1.15. The van der Waals surface area contributed by atoms with Gasteiger partial charge in [-0.1, -0.05) is 39.0 Å². The van der Waals surface area contributed by atoms with Crippen molar-refractivity contribution in [3.63, 3.8) is 0 Å². The Kier molecular flexibility index (Phi) is 3.86. The maximum atomic E-state index is 10.8. The van der Waals surface area contributed by atoms with Gasteiger partial charge in [-0.25, -0.2) is 0 Å². The van der Waals surface area contributed by atoms with Crippen molar-refractivity contribution in [2.75, 3.05) is 6.54 Å². The Morgan fingerprint density at radius 3 is 2.67 bits per heavy atom. The number of rotatable bonds is 4. The number of benzene rings is 1. The standard InChI is InChI=1S/C16H23NO/c1-16(2,3)11-17-15-8-7-14(15)13-6-4-5-12(9-13)10-18/h4-6,9-10,14-15,17H,7-8,11H2,1-3H3. The summed E-state index contributed by atoms with van der Waals surface area (Å²) in [4.78, 5) is 10.8. The van der Waals surface area contributed by atoms with Gasteiger partial charge >= 0.3 is 0 Å². The fourth-order valence-corrected chi connectivity index (χ4v) is 2.44. The van der Waals surface area contributed by atoms with Crippen LogP contribution in [-0.2, 0) is 0 Å². The van der Waals surface area contributed by atoms with Crippen molar-refractivity contribution < 1.29 is 4.79 Å². The first-order valence-corrected chi connectivity index (χ1v) is 6.78. The Labute approximate surface area is 110 Å². The van der Waals surface area contributed by atoms with Crippen LogP contribution in [0.25, 0.3) is 0 Å². The number of hydrogen-bond donors (Lipinski definition) is 1. The molecular weight excluding hydrogens is 222 g/mol. The fraction of sp³-hybridized carbons (Fsp3) is 0.562. The van der Waals surface area contributed by atoms with Gasteiger partial charge in [0.05, 0.1) is 0 Å². The smallest absolute Gasteiger partial charge is 0.150 e. The number of hydrogen-bond acceptors (Lipinski definition) is 2. The molecule has 1 saturated carbocycles. The molecule has 0 heterocycles. The molecule has 2 nitrogen and oxygen atoms in total. The number of aldehydes is 1. The van der Waals surface area contributed by atoms with Gasteiger partial charge < -0.3 is 5.32 Å². The molecule has 1 aliphatic carbocycles. The average Bonchev–Trinajstić information content (AvgIpc) is 2.26. The molecule has 0 spiro atoms. The van der Waals surface area contributed by atoms with E-state index in [0.717, 1.165) is 18.4 Å². The van der Waals surface area contributed by atoms with Crippen LogP contribution in [0.4, 0.5) is 0 Å². The van der Waals surface area contributed by atoms with Crippen molar-refractivity contribution >= 4 is 6.29 Å². The van der Waals surface area contributed by atoms with Crippen LogP contribution in [0.3, 0.4) is 0 Å². The molecule has 98 valence electrons. The molecular formula is C16H23NO. The summed E-state index contributed by atoms with van der Waals surface area (Å²) in [5.41, 5.74) is 2.41. The van der Waals surface area contributed by atoms with Gasteiger partial charge in [-0.15, -0.1) is 0 Å². The van der Waals surface area contributed by atoms with E-state index in [9.17, 15) is 4.79 Å². The molecule has 2 rings (SSSR count). The molecule has 1 aromatic carbocycles. The first kappa shape index (κ1) is 13.3. The molecule has 0 aromatic heterocycles. The Balaban J connectivity index is 1.99. The lowest BCUT2D eigenvalue weighted by atomic mass is 9.74. The van der Waals surface area contributed by atoms with Crippen molar-refractivity contribution in [2.45, 2.75) is 45.6 Å². The third-order valence-corrected chi connectivity index (χ3v) is 3.64. The molecule has 0 radical (unpaired) electrons. The summed E-state index contributed by atoms with van der Waals surface area (Å²) in [5.74, 6) is 0.576. The number of carbonyl (C=O) groups excluding carboxylic acids is 1. The van der Waals surface area contributed by atoms with Crippen molar-refractivity contribution in [1.82, 2.24) is 5.32 Å². The zero-order valence-corrected chi connectivity index (χ0v) is 11.6. The van der Waals surface area contributed by atoms with Crippen LogP contribution in [0, 0.1) is 5.41 Å². The molecule has 0 amide bonds. The third kappa shape index (κ3) is 3.20. The minimum absolute atomic E-state index is 0.324. The number of carbonyl (C=O) groups is 1. The van der Waals surface area contributed by atoms with Crippen molar-refractivity contribution in [3.05, 3.63) is 35.4 Å². The van der Waals surface area contributed by atoms with Gasteiger partial charge in [-0.2, -0.15) is 0 Å². The zero-order valence-electron chi connectivity index (χ0n) is 11.6. The van der Waals surface area contributed by atoms with Gasteiger partial charge in [0.2, 0.25) is 0 Å². The van der Waals surface area contributed by atoms with Crippen LogP contribution in [0.1, 0.15) is 55.5 Å². The van der Waals surface area contributed by atoms with E-state index in [4.69, 9.17) is 0 Å². The second-order valence-electron chi connectivity index (χ2n) is 6.52. The van der Waals surface area contributed by atoms with Crippen LogP contribution in [0.5, 0.6) is 0 Å². The lowest BCUT2D eigenvalue weighted by molar-refractivity contribution is 0.112. The minimum Gasteiger partial charge on any atom is -0.313 e. The highest BCUT2D eigenvalue weighted by Gasteiger charge is 2.32. The Morgan fingerprint density at radius 1 is 1.33 bits per heavy atom. The van der Waals surface area contributed by atoms with Gasteiger partial charge in [0, 0.05) is 18.2 Å². The predicted octanol–water partition coefficient (Wildman–Crippen LogP) is 3.38. The summed E-state index contributed by atoms with van der Waals surface area (Å²) in [6, 6.07) is 8.60. The summed E-state index contributed by atoms with van der Waals surface area (Å²) >= 11 is 0. The van der Waals surface area contributed by atoms with E-state index in [1.807, 2.05) is 18.2 Å². The molecule has 0 aliphatic heterocycles. The Morgan fingerprint density at radius 2 is 2.11 bits per heavy atom. The minimum atomic E-state index is 0.324. The molecule has 1 aromatic rings. The highest BCUT2D eigenvalue weighted by molar-refractivity contribution is 5.75. The first-order chi connectivity index (χ1) is 8.49. The lowest BCUT2D eigenvalue weighted by Crippen LogP contribution is -2.45. The Bertz CT molecular complexity index is 419. The predicted molar refractivity (Wildman–Crippen MR) is 75.1 cm³/mol. The largest absolute Gasteiger partial charge is 0.313 e. The van der Waals surface area contributed by atoms with Crippen LogP contribution in [0.2, 0.25) is 0 Å². The van der Waals surface area contributed by atoms with E-state index in [1.165, 1.54) is 18.4 Å². The summed E-state index contributed by atoms with van der Waals surface area (Å²) in [6.45, 7) is 7.80. The third-order valence-electron chi connectivity index (χ3n) is 3.64. The van der Waals surface area contributed by atoms with Gasteiger partial charge in [0.1, 0.15) is 6.29 Å². The van der Waals surface area contributed by atoms with Crippen LogP contribution < -0.4 is 5.32 Å². The van der Waals surface area contributed by atoms with E-state index >= 15 is 0 Å². The second-order valence-corrected chi connectivity index (χ2v) is 6.52. The lowest BCUT2D eigenvalue weighted by Gasteiger charge is -2.39. The molecule has 2 heteroatoms. The van der Waals surface area contributed by atoms with Crippen molar-refractivity contribution in [1.29, 1.82) is 0 Å². The molecule has 18 heavy (non-hydrogen) atoms. The summed E-state index contributed by atoms with van der Waals surface area (Å²) in [5, 5.41) is 3.66. The normalized spacial score (nSPS) is 23.5. The SMILES string of the molecule is CC(C)(C)CNC1CCC1c1cccc(C=O)c1. The monoisotopic (exact) mass is 245 g/mol. The molecule has 2 atom stereocenters. The zero-order chi connectivity index (χ0) is 13.2. The van der Waals surface area contributed by atoms with Gasteiger partial charge in [0.15, 0.2) is 0 Å². The van der Waals surface area contributed by atoms with Gasteiger partial charge in [-0.3, -0.25) is 4.79 Å². The van der Waals surface area contributed by atoms with Crippen LogP contribution in [0.15, 0.2) is 24.3 Å². The molecule has 0 saturated heterocycles. The maximum Gasteiger partial charge on any atom is 0.150 e. The quantitative estimate of drug-likeness (QED) is 0.824. The highest BCUT2D eigenvalue weighted by Crippen LogP contribution is 2.37. The summed E-state index contributed by atoms with van der Waals surface area (Å²) in [6.07, 6.45) is 3.40. The average molecular weight is 245 g/mol. The van der Waals surface area contributed by atoms with Crippen molar-refractivity contribution in [2.24, 2.45) is 5.41 Å². The van der Waals surface area contributed by atoms with Crippen molar-refractivity contribution in [3.8, 4) is 0 Å². The fourth-order valence-electron chi connectivity index (χ4n) is 2.44. The van der Waals surface area contributed by atoms with E-state index < -0.39 is 0 Å². The maximum absolute atomic E-state index is 10.8. The summed E-state index contributed by atoms with van der Waals surface area (Å²) in [7, 11) is 0. The second kappa shape index (κ2) is 5.23. The van der Waals surface area contributed by atoms with E-state index in [-0.39, 0.29) is 0 Å².